The van der Waals surface area contributed by atoms with Crippen molar-refractivity contribution < 1.29 is 9.47 Å². The van der Waals surface area contributed by atoms with Gasteiger partial charge in [-0.25, -0.2) is 0 Å². The molecule has 0 unspecified atom stereocenters. The lowest BCUT2D eigenvalue weighted by molar-refractivity contribution is -0.00110. The van der Waals surface area contributed by atoms with Crippen LogP contribution < -0.4 is 15.4 Å². The third-order valence-corrected chi connectivity index (χ3v) is 4.53. The number of methoxy groups -OCH3 is 1. The highest BCUT2D eigenvalue weighted by atomic mass is 16.5. The molecule has 3 rings (SSSR count). The number of aromatic amines is 1. The van der Waals surface area contributed by atoms with Gasteiger partial charge in [0, 0.05) is 41.4 Å². The van der Waals surface area contributed by atoms with E-state index in [2.05, 4.69) is 47.7 Å². The largest absolute Gasteiger partial charge is 0.496 e. The zero-order chi connectivity index (χ0) is 16.9. The summed E-state index contributed by atoms with van der Waals surface area (Å²) in [4.78, 5) is 3.31. The highest BCUT2D eigenvalue weighted by molar-refractivity contribution is 5.88. The smallest absolute Gasteiger partial charge is 0.124 e. The van der Waals surface area contributed by atoms with Gasteiger partial charge in [-0.05, 0) is 31.0 Å². The fraction of sp³-hybridized carbons (Fsp3) is 0.474. The van der Waals surface area contributed by atoms with E-state index in [9.17, 15) is 0 Å². The van der Waals surface area contributed by atoms with Crippen molar-refractivity contribution in [2.75, 3.05) is 26.9 Å². The van der Waals surface area contributed by atoms with Crippen molar-refractivity contribution >= 4 is 10.9 Å². The van der Waals surface area contributed by atoms with Gasteiger partial charge in [0.15, 0.2) is 0 Å². The minimum absolute atomic E-state index is 0.480. The van der Waals surface area contributed by atoms with Gasteiger partial charge >= 0.3 is 0 Å². The van der Waals surface area contributed by atoms with E-state index in [4.69, 9.17) is 9.47 Å². The Labute approximate surface area is 143 Å². The van der Waals surface area contributed by atoms with Gasteiger partial charge < -0.3 is 25.1 Å². The summed E-state index contributed by atoms with van der Waals surface area (Å²) in [6, 6.07) is 4.70. The van der Waals surface area contributed by atoms with E-state index in [1.807, 2.05) is 6.20 Å². The van der Waals surface area contributed by atoms with Gasteiger partial charge in [-0.1, -0.05) is 13.0 Å². The first-order valence-electron chi connectivity index (χ1n) is 8.60. The molecule has 0 radical (unpaired) electrons. The summed E-state index contributed by atoms with van der Waals surface area (Å²) in [6.07, 6.45) is 5.22. The maximum absolute atomic E-state index is 5.58. The van der Waals surface area contributed by atoms with Crippen LogP contribution in [0.2, 0.25) is 0 Å². The molecular formula is C19H27N3O2. The van der Waals surface area contributed by atoms with Gasteiger partial charge in [0.25, 0.3) is 0 Å². The van der Waals surface area contributed by atoms with E-state index in [0.717, 1.165) is 38.5 Å². The number of rotatable bonds is 8. The van der Waals surface area contributed by atoms with Gasteiger partial charge in [0.1, 0.15) is 5.75 Å². The van der Waals surface area contributed by atoms with Crippen LogP contribution in [0.5, 0.6) is 5.75 Å². The summed E-state index contributed by atoms with van der Waals surface area (Å²) in [6.45, 7) is 7.51. The molecular weight excluding hydrogens is 302 g/mol. The number of nitrogens with one attached hydrogen (secondary N) is 3. The van der Waals surface area contributed by atoms with Crippen LogP contribution in [-0.4, -0.2) is 37.9 Å². The van der Waals surface area contributed by atoms with Crippen molar-refractivity contribution in [2.45, 2.75) is 32.9 Å². The summed E-state index contributed by atoms with van der Waals surface area (Å²) in [7, 11) is 1.73. The predicted molar refractivity (Wildman–Crippen MR) is 97.4 cm³/mol. The molecule has 2 aromatic rings. The number of benzene rings is 1. The first-order chi connectivity index (χ1) is 11.7. The molecule has 0 amide bonds. The molecule has 5 heteroatoms. The predicted octanol–water partition coefficient (Wildman–Crippen LogP) is 2.86. The molecule has 1 aliphatic heterocycles. The third kappa shape index (κ3) is 3.57. The second kappa shape index (κ2) is 7.73. The quantitative estimate of drug-likeness (QED) is 0.652. The molecule has 3 N–H and O–H groups in total. The summed E-state index contributed by atoms with van der Waals surface area (Å²) in [5.41, 5.74) is 4.87. The standard InChI is InChI=1S/C19H27N3O2/c1-4-14(22-15-11-24-12-15)5-7-20-10-17-16-6-8-21-19(16)13(2)9-18(17)23-3/h5-6,8-9,15,20-22H,4,7,10-12H2,1-3H3/b14-5+. The Hall–Kier alpha value is -1.98. The first kappa shape index (κ1) is 16.9. The van der Waals surface area contributed by atoms with Crippen molar-refractivity contribution in [1.29, 1.82) is 0 Å². The monoisotopic (exact) mass is 329 g/mol. The zero-order valence-corrected chi connectivity index (χ0v) is 14.7. The molecule has 1 fully saturated rings. The second-order valence-electron chi connectivity index (χ2n) is 6.23. The van der Waals surface area contributed by atoms with Crippen molar-refractivity contribution in [3.8, 4) is 5.75 Å². The minimum atomic E-state index is 0.480. The van der Waals surface area contributed by atoms with E-state index in [0.29, 0.717) is 6.04 Å². The lowest BCUT2D eigenvalue weighted by Crippen LogP contribution is -2.45. The average molecular weight is 329 g/mol. The molecule has 0 bridgehead atoms. The number of aryl methyl sites for hydroxylation is 1. The summed E-state index contributed by atoms with van der Waals surface area (Å²) < 4.78 is 10.8. The maximum atomic E-state index is 5.58. The number of fused-ring (bicyclic) bond motifs is 1. The molecule has 2 heterocycles. The Morgan fingerprint density at radius 3 is 2.96 bits per heavy atom. The Morgan fingerprint density at radius 2 is 2.29 bits per heavy atom. The van der Waals surface area contributed by atoms with Crippen LogP contribution in [0.3, 0.4) is 0 Å². The van der Waals surface area contributed by atoms with Gasteiger partial charge in [0.2, 0.25) is 0 Å². The van der Waals surface area contributed by atoms with Crippen molar-refractivity contribution in [3.63, 3.8) is 0 Å². The molecule has 1 aliphatic rings. The molecule has 0 aliphatic carbocycles. The number of hydrogen-bond donors (Lipinski definition) is 3. The Morgan fingerprint density at radius 1 is 1.46 bits per heavy atom. The van der Waals surface area contributed by atoms with Crippen molar-refractivity contribution in [2.24, 2.45) is 0 Å². The van der Waals surface area contributed by atoms with Crippen LogP contribution in [0.4, 0.5) is 0 Å². The average Bonchev–Trinajstić information content (AvgIpc) is 3.04. The zero-order valence-electron chi connectivity index (χ0n) is 14.7. The molecule has 0 spiro atoms. The second-order valence-corrected chi connectivity index (χ2v) is 6.23. The Kier molecular flexibility index (Phi) is 5.43. The van der Waals surface area contributed by atoms with E-state index >= 15 is 0 Å². The summed E-state index contributed by atoms with van der Waals surface area (Å²) in [5, 5.41) is 8.26. The third-order valence-electron chi connectivity index (χ3n) is 4.53. The highest BCUT2D eigenvalue weighted by Crippen LogP contribution is 2.30. The molecule has 5 nitrogen and oxygen atoms in total. The normalized spacial score (nSPS) is 15.5. The van der Waals surface area contributed by atoms with Gasteiger partial charge in [-0.15, -0.1) is 0 Å². The number of hydrogen-bond acceptors (Lipinski definition) is 4. The molecule has 0 atom stereocenters. The lowest BCUT2D eigenvalue weighted by Gasteiger charge is -2.28. The van der Waals surface area contributed by atoms with Crippen LogP contribution in [-0.2, 0) is 11.3 Å². The Bertz CT molecular complexity index is 717. The summed E-state index contributed by atoms with van der Waals surface area (Å²) in [5.74, 6) is 0.941. The first-order valence-corrected chi connectivity index (χ1v) is 8.60. The topological polar surface area (TPSA) is 58.3 Å². The number of aromatic nitrogens is 1. The Balaban J connectivity index is 1.64. The minimum Gasteiger partial charge on any atom is -0.496 e. The molecule has 1 aromatic carbocycles. The van der Waals surface area contributed by atoms with Crippen LogP contribution in [0.1, 0.15) is 24.5 Å². The van der Waals surface area contributed by atoms with Crippen LogP contribution in [0.25, 0.3) is 10.9 Å². The molecule has 130 valence electrons. The van der Waals surface area contributed by atoms with Crippen molar-refractivity contribution in [1.82, 2.24) is 15.6 Å². The van der Waals surface area contributed by atoms with Gasteiger partial charge in [-0.3, -0.25) is 0 Å². The number of ether oxygens (including phenoxy) is 2. The summed E-state index contributed by atoms with van der Waals surface area (Å²) >= 11 is 0. The van der Waals surface area contributed by atoms with Gasteiger partial charge in [0.05, 0.1) is 26.4 Å². The highest BCUT2D eigenvalue weighted by Gasteiger charge is 2.17. The van der Waals surface area contributed by atoms with E-state index in [1.165, 1.54) is 27.7 Å². The fourth-order valence-corrected chi connectivity index (χ4v) is 3.08. The maximum Gasteiger partial charge on any atom is 0.124 e. The van der Waals surface area contributed by atoms with Crippen molar-refractivity contribution in [3.05, 3.63) is 41.2 Å². The van der Waals surface area contributed by atoms with E-state index in [-0.39, 0.29) is 0 Å². The fourth-order valence-electron chi connectivity index (χ4n) is 3.08. The van der Waals surface area contributed by atoms with Gasteiger partial charge in [-0.2, -0.15) is 0 Å². The van der Waals surface area contributed by atoms with E-state index < -0.39 is 0 Å². The molecule has 1 aromatic heterocycles. The SMILES string of the molecule is CC/C(=C\CNCc1c(OC)cc(C)c2[nH]ccc12)NC1COC1. The number of allylic oxidation sites excluding steroid dienone is 1. The lowest BCUT2D eigenvalue weighted by atomic mass is 10.0. The van der Waals surface area contributed by atoms with Crippen LogP contribution >= 0.6 is 0 Å². The van der Waals surface area contributed by atoms with Crippen LogP contribution in [0, 0.1) is 6.92 Å². The van der Waals surface area contributed by atoms with Crippen LogP contribution in [0.15, 0.2) is 30.1 Å². The molecule has 24 heavy (non-hydrogen) atoms. The molecule has 1 saturated heterocycles. The molecule has 0 saturated carbocycles. The van der Waals surface area contributed by atoms with E-state index in [1.54, 1.807) is 7.11 Å². The number of H-pyrrole nitrogens is 1.